The molecule has 5 nitrogen and oxygen atoms in total. The Morgan fingerprint density at radius 3 is 2.74 bits per heavy atom. The standard InChI is InChI=1S/C21H30FN3O2/c22-18-6-2-1-4-16(18)21(26)25-11-8-15(9-12-25)24-19-7-3-5-17(19)20-14-27-13-10-23-20/h1-2,4,6,15,17,19-20,23-24H,3,5,7-14H2. The van der Waals surface area contributed by atoms with Crippen LogP contribution in [-0.2, 0) is 4.74 Å². The Morgan fingerprint density at radius 1 is 1.19 bits per heavy atom. The van der Waals surface area contributed by atoms with Gasteiger partial charge in [0.05, 0.1) is 18.8 Å². The Balaban J connectivity index is 1.29. The maximum absolute atomic E-state index is 13.9. The van der Waals surface area contributed by atoms with Crippen molar-refractivity contribution in [3.8, 4) is 0 Å². The molecule has 0 radical (unpaired) electrons. The number of morpholine rings is 1. The first-order chi connectivity index (χ1) is 13.2. The highest BCUT2D eigenvalue weighted by atomic mass is 19.1. The summed E-state index contributed by atoms with van der Waals surface area (Å²) in [5, 5.41) is 7.49. The van der Waals surface area contributed by atoms with E-state index in [4.69, 9.17) is 4.74 Å². The second-order valence-corrected chi connectivity index (χ2v) is 8.05. The number of carbonyl (C=O) groups is 1. The highest BCUT2D eigenvalue weighted by Gasteiger charge is 2.36. The molecule has 1 saturated carbocycles. The summed E-state index contributed by atoms with van der Waals surface area (Å²) in [5.41, 5.74) is 0.183. The lowest BCUT2D eigenvalue weighted by Crippen LogP contribution is -2.54. The van der Waals surface area contributed by atoms with E-state index in [1.54, 1.807) is 23.1 Å². The summed E-state index contributed by atoms with van der Waals surface area (Å²) < 4.78 is 19.5. The van der Waals surface area contributed by atoms with Crippen molar-refractivity contribution in [1.82, 2.24) is 15.5 Å². The molecule has 0 bridgehead atoms. The molecule has 1 aromatic carbocycles. The van der Waals surface area contributed by atoms with Crippen molar-refractivity contribution in [2.75, 3.05) is 32.8 Å². The maximum Gasteiger partial charge on any atom is 0.256 e. The summed E-state index contributed by atoms with van der Waals surface area (Å²) in [6, 6.07) is 7.68. The summed E-state index contributed by atoms with van der Waals surface area (Å²) in [6.07, 6.45) is 5.60. The molecule has 4 rings (SSSR count). The van der Waals surface area contributed by atoms with Gasteiger partial charge in [0.2, 0.25) is 0 Å². The van der Waals surface area contributed by atoms with E-state index in [0.29, 0.717) is 37.1 Å². The van der Waals surface area contributed by atoms with Crippen molar-refractivity contribution in [3.63, 3.8) is 0 Å². The zero-order valence-corrected chi connectivity index (χ0v) is 15.8. The molecule has 2 aliphatic heterocycles. The number of benzene rings is 1. The van der Waals surface area contributed by atoms with E-state index in [9.17, 15) is 9.18 Å². The van der Waals surface area contributed by atoms with Gasteiger partial charge in [-0.15, -0.1) is 0 Å². The van der Waals surface area contributed by atoms with Crippen LogP contribution in [-0.4, -0.2) is 61.8 Å². The number of rotatable bonds is 4. The molecule has 6 heteroatoms. The topological polar surface area (TPSA) is 53.6 Å². The highest BCUT2D eigenvalue weighted by Crippen LogP contribution is 2.30. The van der Waals surface area contributed by atoms with E-state index in [1.165, 1.54) is 25.3 Å². The van der Waals surface area contributed by atoms with Gasteiger partial charge in [0.1, 0.15) is 5.82 Å². The molecule has 3 atom stereocenters. The van der Waals surface area contributed by atoms with Crippen LogP contribution in [0.15, 0.2) is 24.3 Å². The Bertz CT molecular complexity index is 642. The van der Waals surface area contributed by atoms with Crippen molar-refractivity contribution in [2.24, 2.45) is 5.92 Å². The summed E-state index contributed by atoms with van der Waals surface area (Å²) in [6.45, 7) is 3.96. The smallest absolute Gasteiger partial charge is 0.256 e. The summed E-state index contributed by atoms with van der Waals surface area (Å²) in [7, 11) is 0. The number of likely N-dealkylation sites (tertiary alicyclic amines) is 1. The molecule has 148 valence electrons. The van der Waals surface area contributed by atoms with Gasteiger partial charge >= 0.3 is 0 Å². The molecule has 3 fully saturated rings. The molecule has 0 spiro atoms. The van der Waals surface area contributed by atoms with E-state index in [1.807, 2.05) is 0 Å². The summed E-state index contributed by atoms with van der Waals surface area (Å²) in [5.74, 6) is 0.0102. The van der Waals surface area contributed by atoms with Gasteiger partial charge in [-0.3, -0.25) is 4.79 Å². The summed E-state index contributed by atoms with van der Waals surface area (Å²) in [4.78, 5) is 14.4. The predicted octanol–water partition coefficient (Wildman–Crippen LogP) is 2.18. The molecule has 1 aromatic rings. The molecule has 3 aliphatic rings. The van der Waals surface area contributed by atoms with E-state index < -0.39 is 5.82 Å². The molecule has 0 aromatic heterocycles. The molecule has 27 heavy (non-hydrogen) atoms. The largest absolute Gasteiger partial charge is 0.379 e. The van der Waals surface area contributed by atoms with E-state index in [-0.39, 0.29) is 11.5 Å². The van der Waals surface area contributed by atoms with Gasteiger partial charge in [0.15, 0.2) is 0 Å². The number of hydrogen-bond donors (Lipinski definition) is 2. The lowest BCUT2D eigenvalue weighted by Gasteiger charge is -2.37. The van der Waals surface area contributed by atoms with Crippen molar-refractivity contribution < 1.29 is 13.9 Å². The Morgan fingerprint density at radius 2 is 2.00 bits per heavy atom. The Labute approximate surface area is 160 Å². The predicted molar refractivity (Wildman–Crippen MR) is 102 cm³/mol. The second-order valence-electron chi connectivity index (χ2n) is 8.05. The van der Waals surface area contributed by atoms with Crippen LogP contribution in [0.1, 0.15) is 42.5 Å². The Hall–Kier alpha value is -1.50. The number of piperidine rings is 1. The number of carbonyl (C=O) groups excluding carboxylic acids is 1. The second kappa shape index (κ2) is 8.67. The normalized spacial score (nSPS) is 29.8. The minimum atomic E-state index is -0.432. The fourth-order valence-electron chi connectivity index (χ4n) is 4.89. The average Bonchev–Trinajstić information content (AvgIpc) is 3.17. The number of amides is 1. The fraction of sp³-hybridized carbons (Fsp3) is 0.667. The summed E-state index contributed by atoms with van der Waals surface area (Å²) >= 11 is 0. The van der Waals surface area contributed by atoms with Crippen molar-refractivity contribution >= 4 is 5.91 Å². The molecular formula is C21H30FN3O2. The minimum Gasteiger partial charge on any atom is -0.379 e. The zero-order valence-electron chi connectivity index (χ0n) is 15.8. The first-order valence-corrected chi connectivity index (χ1v) is 10.3. The monoisotopic (exact) mass is 375 g/mol. The third-order valence-corrected chi connectivity index (χ3v) is 6.37. The van der Waals surface area contributed by atoms with Crippen molar-refractivity contribution in [2.45, 2.75) is 50.2 Å². The van der Waals surface area contributed by atoms with Gasteiger partial charge in [0.25, 0.3) is 5.91 Å². The first-order valence-electron chi connectivity index (χ1n) is 10.3. The van der Waals surface area contributed by atoms with Crippen LogP contribution in [0.2, 0.25) is 0 Å². The molecule has 3 unspecified atom stereocenters. The molecule has 1 amide bonds. The molecule has 2 N–H and O–H groups in total. The first kappa shape index (κ1) is 18.8. The third kappa shape index (κ3) is 4.33. The van der Waals surface area contributed by atoms with Crippen LogP contribution >= 0.6 is 0 Å². The van der Waals surface area contributed by atoms with Gasteiger partial charge in [0, 0.05) is 37.8 Å². The number of nitrogens with zero attached hydrogens (tertiary/aromatic N) is 1. The SMILES string of the molecule is O=C(c1ccccc1F)N1CCC(NC2CCCC2C2COCCN2)CC1. The lowest BCUT2D eigenvalue weighted by atomic mass is 9.92. The van der Waals surface area contributed by atoms with Crippen LogP contribution in [0.3, 0.4) is 0 Å². The van der Waals surface area contributed by atoms with Crippen LogP contribution in [0.25, 0.3) is 0 Å². The number of halogens is 1. The van der Waals surface area contributed by atoms with Crippen LogP contribution < -0.4 is 10.6 Å². The van der Waals surface area contributed by atoms with Gasteiger partial charge < -0.3 is 20.3 Å². The molecule has 2 saturated heterocycles. The number of hydrogen-bond acceptors (Lipinski definition) is 4. The number of nitrogens with one attached hydrogen (secondary N) is 2. The van der Waals surface area contributed by atoms with Gasteiger partial charge in [-0.2, -0.15) is 0 Å². The average molecular weight is 375 g/mol. The fourth-order valence-corrected chi connectivity index (χ4v) is 4.89. The van der Waals surface area contributed by atoms with E-state index >= 15 is 0 Å². The van der Waals surface area contributed by atoms with E-state index in [0.717, 1.165) is 32.6 Å². The van der Waals surface area contributed by atoms with Crippen LogP contribution in [0, 0.1) is 11.7 Å². The van der Waals surface area contributed by atoms with Crippen molar-refractivity contribution in [1.29, 1.82) is 0 Å². The van der Waals surface area contributed by atoms with Crippen LogP contribution in [0.5, 0.6) is 0 Å². The quantitative estimate of drug-likeness (QED) is 0.847. The van der Waals surface area contributed by atoms with E-state index in [2.05, 4.69) is 10.6 Å². The highest BCUT2D eigenvalue weighted by molar-refractivity contribution is 5.94. The zero-order chi connectivity index (χ0) is 18.6. The molecular weight excluding hydrogens is 345 g/mol. The van der Waals surface area contributed by atoms with Gasteiger partial charge in [-0.1, -0.05) is 18.6 Å². The van der Waals surface area contributed by atoms with Gasteiger partial charge in [-0.05, 0) is 43.7 Å². The van der Waals surface area contributed by atoms with Gasteiger partial charge in [-0.25, -0.2) is 4.39 Å². The third-order valence-electron chi connectivity index (χ3n) is 6.37. The number of ether oxygens (including phenoxy) is 1. The van der Waals surface area contributed by atoms with Crippen molar-refractivity contribution in [3.05, 3.63) is 35.6 Å². The molecule has 1 aliphatic carbocycles. The maximum atomic E-state index is 13.9. The molecule has 2 heterocycles. The Kier molecular flexibility index (Phi) is 6.05. The minimum absolute atomic E-state index is 0.183. The van der Waals surface area contributed by atoms with Crippen LogP contribution in [0.4, 0.5) is 4.39 Å². The lowest BCUT2D eigenvalue weighted by molar-refractivity contribution is 0.0500.